The summed E-state index contributed by atoms with van der Waals surface area (Å²) < 4.78 is 0. The molecule has 0 amide bonds. The molecular formula is C16H25NO. The summed E-state index contributed by atoms with van der Waals surface area (Å²) >= 11 is 0. The molecule has 1 atom stereocenters. The second-order valence-corrected chi connectivity index (χ2v) is 5.67. The summed E-state index contributed by atoms with van der Waals surface area (Å²) in [6.45, 7) is 4.91. The van der Waals surface area contributed by atoms with E-state index in [1.807, 2.05) is 0 Å². The Bertz CT molecular complexity index is 383. The molecule has 1 unspecified atom stereocenters. The second kappa shape index (κ2) is 6.24. The molecule has 0 radical (unpaired) electrons. The molecule has 0 bridgehead atoms. The fourth-order valence-corrected chi connectivity index (χ4v) is 2.88. The molecule has 0 heterocycles. The standard InChI is InChI=1S/C16H25NO/c1-12-6-5-9-16(13(12)2)17-11-15(18)10-14-7-3-4-8-14/h5-6,9,14-15,17-18H,3-4,7-8,10-11H2,1-2H3. The fraction of sp³-hybridized carbons (Fsp3) is 0.625. The van der Waals surface area contributed by atoms with E-state index in [0.717, 1.165) is 18.0 Å². The average molecular weight is 247 g/mol. The van der Waals surface area contributed by atoms with Gasteiger partial charge in [-0.05, 0) is 43.4 Å². The Kier molecular flexibility index (Phi) is 4.65. The summed E-state index contributed by atoms with van der Waals surface area (Å²) in [4.78, 5) is 0. The van der Waals surface area contributed by atoms with Crippen molar-refractivity contribution in [2.75, 3.05) is 11.9 Å². The van der Waals surface area contributed by atoms with Gasteiger partial charge in [0.2, 0.25) is 0 Å². The minimum atomic E-state index is -0.215. The first-order valence-electron chi connectivity index (χ1n) is 7.15. The number of nitrogens with one attached hydrogen (secondary N) is 1. The van der Waals surface area contributed by atoms with E-state index in [0.29, 0.717) is 6.54 Å². The summed E-state index contributed by atoms with van der Waals surface area (Å²) in [6, 6.07) is 6.27. The summed E-state index contributed by atoms with van der Waals surface area (Å²) in [7, 11) is 0. The molecule has 2 heteroatoms. The highest BCUT2D eigenvalue weighted by Crippen LogP contribution is 2.28. The van der Waals surface area contributed by atoms with Crippen LogP contribution in [0.25, 0.3) is 0 Å². The number of anilines is 1. The Labute approximate surface area is 110 Å². The Balaban J connectivity index is 1.81. The van der Waals surface area contributed by atoms with Gasteiger partial charge in [-0.15, -0.1) is 0 Å². The monoisotopic (exact) mass is 247 g/mol. The molecule has 1 aromatic rings. The van der Waals surface area contributed by atoms with Gasteiger partial charge < -0.3 is 10.4 Å². The van der Waals surface area contributed by atoms with Crippen LogP contribution in [-0.2, 0) is 0 Å². The quantitative estimate of drug-likeness (QED) is 0.832. The molecule has 2 N–H and O–H groups in total. The van der Waals surface area contributed by atoms with E-state index in [1.165, 1.54) is 36.8 Å². The molecule has 2 rings (SSSR count). The van der Waals surface area contributed by atoms with Crippen molar-refractivity contribution < 1.29 is 5.11 Å². The van der Waals surface area contributed by atoms with E-state index < -0.39 is 0 Å². The summed E-state index contributed by atoms with van der Waals surface area (Å²) in [6.07, 6.45) is 6.05. The van der Waals surface area contributed by atoms with Crippen molar-refractivity contribution in [3.8, 4) is 0 Å². The van der Waals surface area contributed by atoms with E-state index in [2.05, 4.69) is 37.4 Å². The summed E-state index contributed by atoms with van der Waals surface area (Å²) in [5.74, 6) is 0.750. The van der Waals surface area contributed by atoms with Crippen molar-refractivity contribution in [3.05, 3.63) is 29.3 Å². The number of benzene rings is 1. The average Bonchev–Trinajstić information content (AvgIpc) is 2.84. The van der Waals surface area contributed by atoms with E-state index in [9.17, 15) is 5.11 Å². The van der Waals surface area contributed by atoms with Gasteiger partial charge in [-0.2, -0.15) is 0 Å². The molecule has 1 fully saturated rings. The highest BCUT2D eigenvalue weighted by molar-refractivity contribution is 5.53. The van der Waals surface area contributed by atoms with Gasteiger partial charge in [-0.3, -0.25) is 0 Å². The smallest absolute Gasteiger partial charge is 0.0715 e. The van der Waals surface area contributed by atoms with Gasteiger partial charge >= 0.3 is 0 Å². The Morgan fingerprint density at radius 3 is 2.72 bits per heavy atom. The highest BCUT2D eigenvalue weighted by atomic mass is 16.3. The Morgan fingerprint density at radius 1 is 1.28 bits per heavy atom. The van der Waals surface area contributed by atoms with E-state index in [4.69, 9.17) is 0 Å². The normalized spacial score (nSPS) is 17.9. The first kappa shape index (κ1) is 13.4. The van der Waals surface area contributed by atoms with Gasteiger partial charge in [0.15, 0.2) is 0 Å². The molecule has 1 aromatic carbocycles. The maximum absolute atomic E-state index is 10.1. The number of hydrogen-bond donors (Lipinski definition) is 2. The van der Waals surface area contributed by atoms with Crippen LogP contribution in [0, 0.1) is 19.8 Å². The van der Waals surface area contributed by atoms with Crippen LogP contribution in [-0.4, -0.2) is 17.8 Å². The third kappa shape index (κ3) is 3.49. The molecule has 1 saturated carbocycles. The van der Waals surface area contributed by atoms with Crippen LogP contribution in [0.2, 0.25) is 0 Å². The zero-order valence-electron chi connectivity index (χ0n) is 11.6. The lowest BCUT2D eigenvalue weighted by Crippen LogP contribution is -2.22. The van der Waals surface area contributed by atoms with Crippen LogP contribution < -0.4 is 5.32 Å². The molecule has 1 aliphatic carbocycles. The number of aliphatic hydroxyl groups excluding tert-OH is 1. The molecule has 0 aromatic heterocycles. The first-order chi connectivity index (χ1) is 8.66. The number of aliphatic hydroxyl groups is 1. The van der Waals surface area contributed by atoms with Crippen LogP contribution >= 0.6 is 0 Å². The summed E-state index contributed by atoms with van der Waals surface area (Å²) in [5, 5.41) is 13.4. The zero-order chi connectivity index (χ0) is 13.0. The Morgan fingerprint density at radius 2 is 2.00 bits per heavy atom. The molecule has 0 spiro atoms. The van der Waals surface area contributed by atoms with Crippen LogP contribution in [0.1, 0.15) is 43.2 Å². The van der Waals surface area contributed by atoms with Crippen molar-refractivity contribution in [1.29, 1.82) is 0 Å². The largest absolute Gasteiger partial charge is 0.391 e. The van der Waals surface area contributed by atoms with Gasteiger partial charge in [0, 0.05) is 12.2 Å². The molecule has 0 aliphatic heterocycles. The maximum Gasteiger partial charge on any atom is 0.0715 e. The highest BCUT2D eigenvalue weighted by Gasteiger charge is 2.18. The van der Waals surface area contributed by atoms with Crippen molar-refractivity contribution in [1.82, 2.24) is 0 Å². The lowest BCUT2D eigenvalue weighted by atomic mass is 10.00. The molecule has 18 heavy (non-hydrogen) atoms. The van der Waals surface area contributed by atoms with Crippen LogP contribution in [0.4, 0.5) is 5.69 Å². The van der Waals surface area contributed by atoms with E-state index in [1.54, 1.807) is 0 Å². The number of aryl methyl sites for hydroxylation is 1. The predicted molar refractivity (Wildman–Crippen MR) is 77.0 cm³/mol. The third-order valence-electron chi connectivity index (χ3n) is 4.21. The predicted octanol–water partition coefficient (Wildman–Crippen LogP) is 3.66. The maximum atomic E-state index is 10.1. The lowest BCUT2D eigenvalue weighted by molar-refractivity contribution is 0.155. The van der Waals surface area contributed by atoms with Gasteiger partial charge in [-0.25, -0.2) is 0 Å². The second-order valence-electron chi connectivity index (χ2n) is 5.67. The minimum absolute atomic E-state index is 0.215. The van der Waals surface area contributed by atoms with Crippen molar-refractivity contribution >= 4 is 5.69 Å². The number of rotatable bonds is 5. The topological polar surface area (TPSA) is 32.3 Å². The van der Waals surface area contributed by atoms with Gasteiger partial charge in [0.05, 0.1) is 6.10 Å². The lowest BCUT2D eigenvalue weighted by Gasteiger charge is -2.18. The van der Waals surface area contributed by atoms with Crippen LogP contribution in [0.3, 0.4) is 0 Å². The molecule has 100 valence electrons. The SMILES string of the molecule is Cc1cccc(NCC(O)CC2CCCC2)c1C. The van der Waals surface area contributed by atoms with E-state index >= 15 is 0 Å². The zero-order valence-corrected chi connectivity index (χ0v) is 11.6. The van der Waals surface area contributed by atoms with Crippen LogP contribution in [0.5, 0.6) is 0 Å². The molecular weight excluding hydrogens is 222 g/mol. The van der Waals surface area contributed by atoms with Crippen molar-refractivity contribution in [2.24, 2.45) is 5.92 Å². The minimum Gasteiger partial charge on any atom is -0.391 e. The van der Waals surface area contributed by atoms with Gasteiger partial charge in [0.25, 0.3) is 0 Å². The molecule has 2 nitrogen and oxygen atoms in total. The van der Waals surface area contributed by atoms with Crippen LogP contribution in [0.15, 0.2) is 18.2 Å². The fourth-order valence-electron chi connectivity index (χ4n) is 2.88. The Hall–Kier alpha value is -1.02. The number of hydrogen-bond acceptors (Lipinski definition) is 2. The summed E-state index contributed by atoms with van der Waals surface area (Å²) in [5.41, 5.74) is 3.73. The third-order valence-corrected chi connectivity index (χ3v) is 4.21. The molecule has 1 aliphatic rings. The van der Waals surface area contributed by atoms with E-state index in [-0.39, 0.29) is 6.10 Å². The van der Waals surface area contributed by atoms with Crippen molar-refractivity contribution in [2.45, 2.75) is 52.1 Å². The molecule has 0 saturated heterocycles. The van der Waals surface area contributed by atoms with Crippen molar-refractivity contribution in [3.63, 3.8) is 0 Å². The van der Waals surface area contributed by atoms with Gasteiger partial charge in [0.1, 0.15) is 0 Å². The first-order valence-corrected chi connectivity index (χ1v) is 7.15. The van der Waals surface area contributed by atoms with Gasteiger partial charge in [-0.1, -0.05) is 37.8 Å².